The summed E-state index contributed by atoms with van der Waals surface area (Å²) in [4.78, 5) is 15.4. The average Bonchev–Trinajstić information content (AvgIpc) is 2.47. The lowest BCUT2D eigenvalue weighted by Crippen LogP contribution is -2.42. The highest BCUT2D eigenvalue weighted by Gasteiger charge is 2.24. The molecule has 0 fully saturated rings. The predicted molar refractivity (Wildman–Crippen MR) is 83.5 cm³/mol. The van der Waals surface area contributed by atoms with E-state index in [0.717, 1.165) is 13.0 Å². The molecular weight excluding hydrogens is 272 g/mol. The Balaban J connectivity index is 2.01. The van der Waals surface area contributed by atoms with Gasteiger partial charge in [0.15, 0.2) is 0 Å². The van der Waals surface area contributed by atoms with Crippen molar-refractivity contribution in [3.8, 4) is 0 Å². The van der Waals surface area contributed by atoms with Gasteiger partial charge in [0, 0.05) is 30.3 Å². The van der Waals surface area contributed by atoms with E-state index < -0.39 is 0 Å². The molecule has 0 spiro atoms. The average molecular weight is 294 g/mol. The van der Waals surface area contributed by atoms with Crippen molar-refractivity contribution in [1.29, 1.82) is 0 Å². The van der Waals surface area contributed by atoms with E-state index in [9.17, 15) is 4.79 Å². The molecule has 110 valence electrons. The van der Waals surface area contributed by atoms with Crippen molar-refractivity contribution in [2.24, 2.45) is 0 Å². The zero-order valence-corrected chi connectivity index (χ0v) is 12.9. The first kappa shape index (κ1) is 15.2. The van der Waals surface area contributed by atoms with Crippen LogP contribution in [0.15, 0.2) is 29.2 Å². The zero-order valence-electron chi connectivity index (χ0n) is 12.1. The number of fused-ring (bicyclic) bond motifs is 1. The van der Waals surface area contributed by atoms with Gasteiger partial charge in [0.25, 0.3) is 0 Å². The van der Waals surface area contributed by atoms with Gasteiger partial charge in [-0.1, -0.05) is 19.1 Å². The summed E-state index contributed by atoms with van der Waals surface area (Å²) >= 11 is 1.92. The van der Waals surface area contributed by atoms with E-state index in [0.29, 0.717) is 24.9 Å². The molecule has 20 heavy (non-hydrogen) atoms. The van der Waals surface area contributed by atoms with Crippen LogP contribution in [-0.2, 0) is 9.53 Å². The van der Waals surface area contributed by atoms with E-state index in [-0.39, 0.29) is 5.91 Å². The fourth-order valence-electron chi connectivity index (χ4n) is 2.26. The van der Waals surface area contributed by atoms with Gasteiger partial charge < -0.3 is 15.0 Å². The van der Waals surface area contributed by atoms with Crippen LogP contribution in [0.3, 0.4) is 0 Å². The number of carbonyl (C=O) groups excluding carboxylic acids is 1. The van der Waals surface area contributed by atoms with E-state index in [1.165, 1.54) is 10.6 Å². The highest BCUT2D eigenvalue weighted by atomic mass is 32.2. The lowest BCUT2D eigenvalue weighted by atomic mass is 10.2. The van der Waals surface area contributed by atoms with Crippen LogP contribution < -0.4 is 10.2 Å². The Morgan fingerprint density at radius 1 is 1.50 bits per heavy atom. The first-order valence-electron chi connectivity index (χ1n) is 7.00. The molecule has 1 unspecified atom stereocenters. The molecule has 0 saturated heterocycles. The van der Waals surface area contributed by atoms with Crippen LogP contribution in [0.1, 0.15) is 13.3 Å². The lowest BCUT2D eigenvalue weighted by molar-refractivity contribution is -0.119. The molecule has 1 aliphatic rings. The maximum atomic E-state index is 12.0. The first-order chi connectivity index (χ1) is 9.74. The van der Waals surface area contributed by atoms with Crippen molar-refractivity contribution in [3.05, 3.63) is 24.3 Å². The number of hydrogen-bond donors (Lipinski definition) is 1. The van der Waals surface area contributed by atoms with Crippen LogP contribution in [0, 0.1) is 0 Å². The Hall–Kier alpha value is -1.20. The minimum Gasteiger partial charge on any atom is -0.383 e. The minimum absolute atomic E-state index is 0.0543. The molecule has 0 radical (unpaired) electrons. The van der Waals surface area contributed by atoms with Crippen LogP contribution in [0.5, 0.6) is 0 Å². The number of para-hydroxylation sites is 1. The minimum atomic E-state index is 0.0543. The first-order valence-corrected chi connectivity index (χ1v) is 7.88. The zero-order chi connectivity index (χ0) is 14.4. The van der Waals surface area contributed by atoms with Crippen molar-refractivity contribution >= 4 is 23.4 Å². The summed E-state index contributed by atoms with van der Waals surface area (Å²) in [6.45, 7) is 4.66. The highest BCUT2D eigenvalue weighted by molar-refractivity contribution is 8.00. The quantitative estimate of drug-likeness (QED) is 0.816. The lowest BCUT2D eigenvalue weighted by Gasteiger charge is -2.34. The summed E-state index contributed by atoms with van der Waals surface area (Å²) in [5, 5.41) is 3.43. The molecule has 2 rings (SSSR count). The van der Waals surface area contributed by atoms with E-state index in [4.69, 9.17) is 4.74 Å². The number of methoxy groups -OCH3 is 1. The molecule has 0 aromatic heterocycles. The van der Waals surface area contributed by atoms with E-state index >= 15 is 0 Å². The third-order valence-corrected chi connectivity index (χ3v) is 4.76. The van der Waals surface area contributed by atoms with E-state index in [1.54, 1.807) is 7.11 Å². The normalized spacial score (nSPS) is 17.7. The molecule has 0 aliphatic carbocycles. The number of carbonyl (C=O) groups is 1. The number of thioether (sulfide) groups is 1. The Kier molecular flexibility index (Phi) is 5.73. The Labute approximate surface area is 124 Å². The van der Waals surface area contributed by atoms with Crippen molar-refractivity contribution in [1.82, 2.24) is 5.32 Å². The molecule has 1 aromatic rings. The second-order valence-electron chi connectivity index (χ2n) is 4.84. The molecule has 5 heteroatoms. The third-order valence-electron chi connectivity index (χ3n) is 3.34. The third kappa shape index (κ3) is 3.90. The van der Waals surface area contributed by atoms with Gasteiger partial charge in [-0.25, -0.2) is 0 Å². The number of nitrogens with one attached hydrogen (secondary N) is 1. The van der Waals surface area contributed by atoms with E-state index in [2.05, 4.69) is 35.3 Å². The fourth-order valence-corrected chi connectivity index (χ4v) is 3.52. The Bertz CT molecular complexity index is 453. The number of anilines is 1. The number of amides is 1. The summed E-state index contributed by atoms with van der Waals surface area (Å²) in [5.74, 6) is 0.0543. The maximum absolute atomic E-state index is 12.0. The SMILES string of the molecule is CCC1CN(CC(=O)NCCOC)c2ccccc2S1. The van der Waals surface area contributed by atoms with Crippen LogP contribution >= 0.6 is 11.8 Å². The molecule has 1 aromatic carbocycles. The number of nitrogens with zero attached hydrogens (tertiary/aromatic N) is 1. The molecule has 1 heterocycles. The smallest absolute Gasteiger partial charge is 0.239 e. The number of hydrogen-bond acceptors (Lipinski definition) is 4. The molecule has 1 N–H and O–H groups in total. The maximum Gasteiger partial charge on any atom is 0.239 e. The largest absolute Gasteiger partial charge is 0.383 e. The number of rotatable bonds is 6. The van der Waals surface area contributed by atoms with Gasteiger partial charge >= 0.3 is 0 Å². The molecule has 0 bridgehead atoms. The number of benzene rings is 1. The monoisotopic (exact) mass is 294 g/mol. The summed E-state index contributed by atoms with van der Waals surface area (Å²) in [6.07, 6.45) is 1.11. The second-order valence-corrected chi connectivity index (χ2v) is 6.18. The predicted octanol–water partition coefficient (Wildman–Crippen LogP) is 2.14. The second kappa shape index (κ2) is 7.55. The van der Waals surface area contributed by atoms with Gasteiger partial charge in [0.2, 0.25) is 5.91 Å². The summed E-state index contributed by atoms with van der Waals surface area (Å²) in [5.41, 5.74) is 1.17. The van der Waals surface area contributed by atoms with Gasteiger partial charge in [-0.2, -0.15) is 0 Å². The summed E-state index contributed by atoms with van der Waals surface area (Å²) in [6, 6.07) is 8.32. The summed E-state index contributed by atoms with van der Waals surface area (Å²) in [7, 11) is 1.64. The Morgan fingerprint density at radius 2 is 2.30 bits per heavy atom. The molecule has 4 nitrogen and oxygen atoms in total. The van der Waals surface area contributed by atoms with E-state index in [1.807, 2.05) is 17.8 Å². The summed E-state index contributed by atoms with van der Waals surface area (Å²) < 4.78 is 4.94. The van der Waals surface area contributed by atoms with Gasteiger partial charge in [-0.15, -0.1) is 11.8 Å². The number of ether oxygens (including phenoxy) is 1. The van der Waals surface area contributed by atoms with Gasteiger partial charge in [-0.05, 0) is 18.6 Å². The fraction of sp³-hybridized carbons (Fsp3) is 0.533. The molecule has 0 saturated carbocycles. The van der Waals surface area contributed by atoms with Gasteiger partial charge in [0.1, 0.15) is 0 Å². The highest BCUT2D eigenvalue weighted by Crippen LogP contribution is 2.39. The molecule has 1 amide bonds. The molecular formula is C15H22N2O2S. The van der Waals surface area contributed by atoms with Crippen LogP contribution in [-0.4, -0.2) is 44.5 Å². The van der Waals surface area contributed by atoms with Crippen molar-refractivity contribution in [2.45, 2.75) is 23.5 Å². The van der Waals surface area contributed by atoms with Crippen LogP contribution in [0.2, 0.25) is 0 Å². The van der Waals surface area contributed by atoms with Crippen LogP contribution in [0.25, 0.3) is 0 Å². The van der Waals surface area contributed by atoms with Crippen molar-refractivity contribution in [2.75, 3.05) is 38.3 Å². The van der Waals surface area contributed by atoms with Gasteiger partial charge in [0.05, 0.1) is 18.8 Å². The van der Waals surface area contributed by atoms with Crippen molar-refractivity contribution < 1.29 is 9.53 Å². The van der Waals surface area contributed by atoms with Crippen LogP contribution in [0.4, 0.5) is 5.69 Å². The standard InChI is InChI=1S/C15H22N2O2S/c1-3-12-10-17(11-15(18)16-8-9-19-2)13-6-4-5-7-14(13)20-12/h4-7,12H,3,8-11H2,1-2H3,(H,16,18). The van der Waals surface area contributed by atoms with Gasteiger partial charge in [-0.3, -0.25) is 4.79 Å². The molecule has 1 aliphatic heterocycles. The van der Waals surface area contributed by atoms with Crippen molar-refractivity contribution in [3.63, 3.8) is 0 Å². The molecule has 1 atom stereocenters. The Morgan fingerprint density at radius 3 is 3.05 bits per heavy atom. The topological polar surface area (TPSA) is 41.6 Å².